The van der Waals surface area contributed by atoms with Crippen LogP contribution in [0.4, 0.5) is 0 Å². The quantitative estimate of drug-likeness (QED) is 0.781. The van der Waals surface area contributed by atoms with Crippen LogP contribution >= 0.6 is 0 Å². The van der Waals surface area contributed by atoms with E-state index in [1.54, 1.807) is 6.26 Å². The molecule has 0 amide bonds. The molecule has 2 heteroatoms. The molecule has 1 fully saturated rings. The lowest BCUT2D eigenvalue weighted by Gasteiger charge is -2.33. The van der Waals surface area contributed by atoms with E-state index in [2.05, 4.69) is 25.4 Å². The van der Waals surface area contributed by atoms with E-state index in [1.165, 1.54) is 24.8 Å². The molecule has 0 radical (unpaired) electrons. The van der Waals surface area contributed by atoms with Gasteiger partial charge in [0.05, 0.1) is 12.5 Å². The van der Waals surface area contributed by atoms with Gasteiger partial charge in [-0.05, 0) is 49.8 Å². The van der Waals surface area contributed by atoms with Crippen LogP contribution < -0.4 is 5.32 Å². The van der Waals surface area contributed by atoms with Crippen molar-refractivity contribution in [2.75, 3.05) is 7.05 Å². The summed E-state index contributed by atoms with van der Waals surface area (Å²) in [6.45, 7) is 2.35. The van der Waals surface area contributed by atoms with Crippen molar-refractivity contribution in [1.29, 1.82) is 0 Å². The molecular formula is C12H19NO. The molecule has 1 aliphatic rings. The smallest absolute Gasteiger partial charge is 0.0937 e. The zero-order chi connectivity index (χ0) is 9.97. The van der Waals surface area contributed by atoms with Gasteiger partial charge in [-0.2, -0.15) is 0 Å². The van der Waals surface area contributed by atoms with Gasteiger partial charge in [-0.3, -0.25) is 0 Å². The van der Waals surface area contributed by atoms with Crippen molar-refractivity contribution in [1.82, 2.24) is 5.32 Å². The zero-order valence-electron chi connectivity index (χ0n) is 8.99. The van der Waals surface area contributed by atoms with Gasteiger partial charge >= 0.3 is 0 Å². The maximum absolute atomic E-state index is 5.16. The highest BCUT2D eigenvalue weighted by Gasteiger charge is 2.28. The van der Waals surface area contributed by atoms with Crippen molar-refractivity contribution in [2.24, 2.45) is 5.92 Å². The molecular weight excluding hydrogens is 174 g/mol. The van der Waals surface area contributed by atoms with E-state index >= 15 is 0 Å². The van der Waals surface area contributed by atoms with Crippen molar-refractivity contribution < 1.29 is 4.42 Å². The molecule has 3 atom stereocenters. The number of hydrogen-bond acceptors (Lipinski definition) is 2. The van der Waals surface area contributed by atoms with Gasteiger partial charge in [0.15, 0.2) is 0 Å². The SMILES string of the molecule is CNC1CCC(C)C(c2ccoc2)C1. The monoisotopic (exact) mass is 193 g/mol. The highest BCUT2D eigenvalue weighted by Crippen LogP contribution is 2.37. The summed E-state index contributed by atoms with van der Waals surface area (Å²) in [6, 6.07) is 2.80. The topological polar surface area (TPSA) is 25.2 Å². The molecule has 0 aliphatic heterocycles. The Balaban J connectivity index is 2.09. The third-order valence-corrected chi connectivity index (χ3v) is 3.58. The van der Waals surface area contributed by atoms with Gasteiger partial charge in [0.1, 0.15) is 0 Å². The Morgan fingerprint density at radius 2 is 2.29 bits per heavy atom. The van der Waals surface area contributed by atoms with Gasteiger partial charge in [-0.25, -0.2) is 0 Å². The average Bonchev–Trinajstić information content (AvgIpc) is 2.71. The van der Waals surface area contributed by atoms with Gasteiger partial charge in [-0.15, -0.1) is 0 Å². The van der Waals surface area contributed by atoms with Crippen LogP contribution in [0.25, 0.3) is 0 Å². The lowest BCUT2D eigenvalue weighted by atomic mass is 9.75. The molecule has 1 heterocycles. The highest BCUT2D eigenvalue weighted by molar-refractivity contribution is 5.15. The summed E-state index contributed by atoms with van der Waals surface area (Å²) in [5.41, 5.74) is 1.37. The molecule has 0 saturated heterocycles. The third-order valence-electron chi connectivity index (χ3n) is 3.58. The van der Waals surface area contributed by atoms with Crippen molar-refractivity contribution in [3.8, 4) is 0 Å². The molecule has 1 aliphatic carbocycles. The third kappa shape index (κ3) is 1.85. The van der Waals surface area contributed by atoms with Crippen LogP contribution in [0.5, 0.6) is 0 Å². The van der Waals surface area contributed by atoms with Gasteiger partial charge in [0.25, 0.3) is 0 Å². The lowest BCUT2D eigenvalue weighted by molar-refractivity contribution is 0.276. The summed E-state index contributed by atoms with van der Waals surface area (Å²) < 4.78 is 5.16. The molecule has 2 nitrogen and oxygen atoms in total. The van der Waals surface area contributed by atoms with Crippen molar-refractivity contribution in [3.63, 3.8) is 0 Å². The molecule has 1 N–H and O–H groups in total. The van der Waals surface area contributed by atoms with Crippen LogP contribution in [-0.4, -0.2) is 13.1 Å². The second-order valence-corrected chi connectivity index (χ2v) is 4.44. The molecule has 0 bridgehead atoms. The Morgan fingerprint density at radius 3 is 2.93 bits per heavy atom. The average molecular weight is 193 g/mol. The predicted octanol–water partition coefficient (Wildman–Crippen LogP) is 2.77. The fourth-order valence-electron chi connectivity index (χ4n) is 2.53. The maximum atomic E-state index is 5.16. The van der Waals surface area contributed by atoms with E-state index in [9.17, 15) is 0 Å². The number of rotatable bonds is 2. The molecule has 1 aromatic rings. The molecule has 3 unspecified atom stereocenters. The first-order valence-corrected chi connectivity index (χ1v) is 5.50. The van der Waals surface area contributed by atoms with Gasteiger partial charge in [-0.1, -0.05) is 6.92 Å². The standard InChI is InChI=1S/C12H19NO/c1-9-3-4-11(13-2)7-12(9)10-5-6-14-8-10/h5-6,8-9,11-13H,3-4,7H2,1-2H3. The van der Waals surface area contributed by atoms with Gasteiger partial charge in [0.2, 0.25) is 0 Å². The minimum absolute atomic E-state index is 0.681. The van der Waals surface area contributed by atoms with Crippen LogP contribution in [0.1, 0.15) is 37.7 Å². The predicted molar refractivity (Wildman–Crippen MR) is 57.3 cm³/mol. The fourth-order valence-corrected chi connectivity index (χ4v) is 2.53. The van der Waals surface area contributed by atoms with E-state index in [0.717, 1.165) is 5.92 Å². The van der Waals surface area contributed by atoms with Crippen LogP contribution in [0.2, 0.25) is 0 Å². The summed E-state index contributed by atoms with van der Waals surface area (Å²) in [5.74, 6) is 1.47. The first kappa shape index (κ1) is 9.78. The summed E-state index contributed by atoms with van der Waals surface area (Å²) in [7, 11) is 2.06. The van der Waals surface area contributed by atoms with Gasteiger partial charge < -0.3 is 9.73 Å². The van der Waals surface area contributed by atoms with Crippen LogP contribution in [0.3, 0.4) is 0 Å². The zero-order valence-corrected chi connectivity index (χ0v) is 8.99. The number of hydrogen-bond donors (Lipinski definition) is 1. The summed E-state index contributed by atoms with van der Waals surface area (Å²) >= 11 is 0. The number of furan rings is 1. The molecule has 1 saturated carbocycles. The molecule has 0 spiro atoms. The Bertz CT molecular complexity index is 268. The first-order chi connectivity index (χ1) is 6.81. The molecule has 0 aromatic carbocycles. The largest absolute Gasteiger partial charge is 0.472 e. The van der Waals surface area contributed by atoms with Crippen molar-refractivity contribution in [3.05, 3.63) is 24.2 Å². The summed E-state index contributed by atoms with van der Waals surface area (Å²) in [5, 5.41) is 3.39. The summed E-state index contributed by atoms with van der Waals surface area (Å²) in [4.78, 5) is 0. The van der Waals surface area contributed by atoms with Crippen LogP contribution in [0, 0.1) is 5.92 Å². The normalized spacial score (nSPS) is 33.1. The number of nitrogens with one attached hydrogen (secondary N) is 1. The minimum atomic E-state index is 0.681. The minimum Gasteiger partial charge on any atom is -0.472 e. The van der Waals surface area contributed by atoms with E-state index in [1.807, 2.05) is 6.26 Å². The van der Waals surface area contributed by atoms with E-state index < -0.39 is 0 Å². The molecule has 2 rings (SSSR count). The van der Waals surface area contributed by atoms with E-state index in [0.29, 0.717) is 12.0 Å². The lowest BCUT2D eigenvalue weighted by Crippen LogP contribution is -2.33. The second-order valence-electron chi connectivity index (χ2n) is 4.44. The summed E-state index contributed by atoms with van der Waals surface area (Å²) in [6.07, 6.45) is 7.56. The van der Waals surface area contributed by atoms with Gasteiger partial charge in [0, 0.05) is 6.04 Å². The Hall–Kier alpha value is -0.760. The fraction of sp³-hybridized carbons (Fsp3) is 0.667. The van der Waals surface area contributed by atoms with Crippen molar-refractivity contribution in [2.45, 2.75) is 38.1 Å². The molecule has 78 valence electrons. The Morgan fingerprint density at radius 1 is 1.43 bits per heavy atom. The van der Waals surface area contributed by atoms with Crippen molar-refractivity contribution >= 4 is 0 Å². The molecule has 14 heavy (non-hydrogen) atoms. The highest BCUT2D eigenvalue weighted by atomic mass is 16.3. The molecule has 1 aromatic heterocycles. The van der Waals surface area contributed by atoms with E-state index in [-0.39, 0.29) is 0 Å². The van der Waals surface area contributed by atoms with Crippen LogP contribution in [0.15, 0.2) is 23.0 Å². The van der Waals surface area contributed by atoms with Crippen LogP contribution in [-0.2, 0) is 0 Å². The second kappa shape index (κ2) is 4.18. The maximum Gasteiger partial charge on any atom is 0.0937 e. The Kier molecular flexibility index (Phi) is 2.92. The Labute approximate surface area is 85.7 Å². The van der Waals surface area contributed by atoms with E-state index in [4.69, 9.17) is 4.42 Å². The first-order valence-electron chi connectivity index (χ1n) is 5.50.